The quantitative estimate of drug-likeness (QED) is 0.150. The Labute approximate surface area is 214 Å². The van der Waals surface area contributed by atoms with E-state index in [9.17, 15) is 48.1 Å². The number of rotatable bonds is 8. The fourth-order valence-electron chi connectivity index (χ4n) is 3.07. The topological polar surface area (TPSA) is 118 Å². The van der Waals surface area contributed by atoms with Crippen molar-refractivity contribution in [2.45, 2.75) is 42.2 Å². The monoisotopic (exact) mass is 590 g/mol. The summed E-state index contributed by atoms with van der Waals surface area (Å²) in [5.41, 5.74) is 1.38. The molecule has 15 heteroatoms. The van der Waals surface area contributed by atoms with Crippen LogP contribution in [0.5, 0.6) is 0 Å². The lowest BCUT2D eigenvalue weighted by atomic mass is 10.2. The minimum atomic E-state index is -6.84. The molecule has 7 nitrogen and oxygen atoms in total. The lowest BCUT2D eigenvalue weighted by Crippen LogP contribution is -2.52. The Bertz CT molecular complexity index is 1260. The number of halogens is 5. The summed E-state index contributed by atoms with van der Waals surface area (Å²) in [6, 6.07) is 13.5. The number of ketones is 1. The summed E-state index contributed by atoms with van der Waals surface area (Å²) in [6.45, 7) is 1.51. The van der Waals surface area contributed by atoms with Crippen LogP contribution in [-0.4, -0.2) is 62.0 Å². The van der Waals surface area contributed by atoms with Gasteiger partial charge in [-0.25, -0.2) is 12.6 Å². The van der Waals surface area contributed by atoms with E-state index in [1.54, 1.807) is 0 Å². The van der Waals surface area contributed by atoms with Crippen LogP contribution in [0, 0.1) is 6.92 Å². The first-order chi connectivity index (χ1) is 16.9. The number of aryl methyl sites for hydroxylation is 1. The molecule has 1 fully saturated rings. The van der Waals surface area contributed by atoms with Crippen molar-refractivity contribution < 1.29 is 52.3 Å². The van der Waals surface area contributed by atoms with Gasteiger partial charge in [0.1, 0.15) is 11.5 Å². The first-order valence-corrected chi connectivity index (χ1v) is 15.1. The molecule has 0 aromatic heterocycles. The molecule has 0 N–H and O–H groups in total. The van der Waals surface area contributed by atoms with Crippen LogP contribution < -0.4 is 0 Å². The van der Waals surface area contributed by atoms with Crippen molar-refractivity contribution in [2.75, 3.05) is 17.3 Å². The zero-order valence-corrected chi connectivity index (χ0v) is 21.7. The van der Waals surface area contributed by atoms with Gasteiger partial charge < -0.3 is 4.55 Å². The average molecular weight is 591 g/mol. The number of Topliss-reactive ketones (excluding diaryl/α,β-unsaturated/α-hetero) is 1. The highest BCUT2D eigenvalue weighted by molar-refractivity contribution is 7.97. The summed E-state index contributed by atoms with van der Waals surface area (Å²) in [6.07, 6.45) is -8.17. The molecule has 0 spiro atoms. The van der Waals surface area contributed by atoms with Crippen molar-refractivity contribution in [3.05, 3.63) is 65.7 Å². The summed E-state index contributed by atoms with van der Waals surface area (Å²) in [5.74, 6) is 3.66. The zero-order chi connectivity index (χ0) is 28.1. The minimum Gasteiger partial charge on any atom is -0.743 e. The van der Waals surface area contributed by atoms with Crippen molar-refractivity contribution in [2.24, 2.45) is 0 Å². The van der Waals surface area contributed by atoms with E-state index in [4.69, 9.17) is 0 Å². The Hall–Kier alpha value is -2.07. The van der Waals surface area contributed by atoms with Gasteiger partial charge in [-0.2, -0.15) is 30.4 Å². The van der Waals surface area contributed by atoms with Gasteiger partial charge in [0.15, 0.2) is 15.9 Å². The van der Waals surface area contributed by atoms with E-state index in [0.717, 1.165) is 35.6 Å². The molecule has 1 unspecified atom stereocenters. The molecule has 0 bridgehead atoms. The van der Waals surface area contributed by atoms with E-state index in [1.165, 1.54) is 31.3 Å². The fraction of sp³-hybridized carbons (Fsp3) is 0.409. The Morgan fingerprint density at radius 1 is 0.946 bits per heavy atom. The molecule has 0 radical (unpaired) electrons. The Morgan fingerprint density at radius 2 is 1.46 bits per heavy atom. The van der Waals surface area contributed by atoms with Crippen LogP contribution in [0.1, 0.15) is 28.8 Å². The van der Waals surface area contributed by atoms with Gasteiger partial charge in [-0.3, -0.25) is 4.79 Å². The third-order valence-corrected chi connectivity index (χ3v) is 9.59. The third kappa shape index (κ3) is 8.74. The second-order valence-electron chi connectivity index (χ2n) is 7.96. The maximum atomic E-state index is 13.2. The molecule has 0 aliphatic carbocycles. The molecular formula is C22H23F5O7S3. The SMILES string of the molecule is Cc1ccc(S(=O)(=O)OC(C(F)(F)F)C(F)(F)S(=O)(=O)[O-])cc1.O=C(C[S+]1CCCC1)c1ccccc1. The average Bonchev–Trinajstić information content (AvgIpc) is 3.30. The summed E-state index contributed by atoms with van der Waals surface area (Å²) < 4.78 is 122. The summed E-state index contributed by atoms with van der Waals surface area (Å²) in [4.78, 5) is 10.9. The molecule has 0 amide bonds. The largest absolute Gasteiger partial charge is 0.743 e. The molecular weight excluding hydrogens is 567 g/mol. The number of hydrogen-bond acceptors (Lipinski definition) is 7. The van der Waals surface area contributed by atoms with Crippen LogP contribution in [0.2, 0.25) is 0 Å². The van der Waals surface area contributed by atoms with E-state index < -0.39 is 42.7 Å². The molecule has 3 rings (SSSR count). The Balaban J connectivity index is 0.000000291. The molecule has 1 heterocycles. The van der Waals surface area contributed by atoms with Crippen molar-refractivity contribution in [1.29, 1.82) is 0 Å². The summed E-state index contributed by atoms with van der Waals surface area (Å²) >= 11 is 0. The van der Waals surface area contributed by atoms with Gasteiger partial charge >= 0.3 is 11.4 Å². The van der Waals surface area contributed by atoms with Gasteiger partial charge in [-0.1, -0.05) is 48.0 Å². The van der Waals surface area contributed by atoms with Crippen LogP contribution in [-0.2, 0) is 35.3 Å². The van der Waals surface area contributed by atoms with Gasteiger partial charge in [-0.05, 0) is 42.8 Å². The number of hydrogen-bond donors (Lipinski definition) is 0. The predicted molar refractivity (Wildman–Crippen MR) is 126 cm³/mol. The van der Waals surface area contributed by atoms with Crippen molar-refractivity contribution in [3.8, 4) is 0 Å². The number of benzene rings is 2. The smallest absolute Gasteiger partial charge is 0.423 e. The van der Waals surface area contributed by atoms with Gasteiger partial charge in [0.25, 0.3) is 10.1 Å². The number of alkyl halides is 5. The van der Waals surface area contributed by atoms with E-state index in [0.29, 0.717) is 22.2 Å². The van der Waals surface area contributed by atoms with Crippen molar-refractivity contribution in [1.82, 2.24) is 0 Å². The van der Waals surface area contributed by atoms with E-state index >= 15 is 0 Å². The maximum absolute atomic E-state index is 13.2. The number of carbonyl (C=O) groups is 1. The Kier molecular flexibility index (Phi) is 10.3. The van der Waals surface area contributed by atoms with Crippen molar-refractivity contribution >= 4 is 36.9 Å². The zero-order valence-electron chi connectivity index (χ0n) is 19.3. The van der Waals surface area contributed by atoms with Crippen LogP contribution in [0.15, 0.2) is 59.5 Å². The van der Waals surface area contributed by atoms with E-state index in [-0.39, 0.29) is 0 Å². The predicted octanol–water partition coefficient (Wildman–Crippen LogP) is 4.05. The molecule has 2 aromatic rings. The van der Waals surface area contributed by atoms with Gasteiger partial charge in [0.05, 0.1) is 4.90 Å². The molecule has 1 aliphatic heterocycles. The summed E-state index contributed by atoms with van der Waals surface area (Å²) in [7, 11) is -11.9. The second-order valence-corrected chi connectivity index (χ2v) is 13.3. The summed E-state index contributed by atoms with van der Waals surface area (Å²) in [5, 5.41) is -6.04. The van der Waals surface area contributed by atoms with E-state index in [1.807, 2.05) is 30.3 Å². The lowest BCUT2D eigenvalue weighted by Gasteiger charge is -2.29. The van der Waals surface area contributed by atoms with Crippen LogP contribution in [0.25, 0.3) is 0 Å². The highest BCUT2D eigenvalue weighted by atomic mass is 32.2. The molecule has 2 aromatic carbocycles. The minimum absolute atomic E-state index is 0.329. The van der Waals surface area contributed by atoms with Crippen LogP contribution in [0.3, 0.4) is 0 Å². The Morgan fingerprint density at radius 3 is 1.92 bits per heavy atom. The second kappa shape index (κ2) is 12.2. The van der Waals surface area contributed by atoms with Gasteiger partial charge in [0.2, 0.25) is 11.9 Å². The number of carbonyl (C=O) groups excluding carboxylic acids is 1. The molecule has 1 aliphatic rings. The highest BCUT2D eigenvalue weighted by Crippen LogP contribution is 2.39. The molecule has 1 saturated heterocycles. The van der Waals surface area contributed by atoms with Crippen LogP contribution in [0.4, 0.5) is 22.0 Å². The normalized spacial score (nSPS) is 16.1. The maximum Gasteiger partial charge on any atom is 0.423 e. The molecule has 206 valence electrons. The first-order valence-electron chi connectivity index (χ1n) is 10.6. The van der Waals surface area contributed by atoms with Crippen LogP contribution >= 0.6 is 0 Å². The van der Waals surface area contributed by atoms with E-state index in [2.05, 4.69) is 4.18 Å². The molecule has 1 atom stereocenters. The highest BCUT2D eigenvalue weighted by Gasteiger charge is 2.63. The third-order valence-electron chi connectivity index (χ3n) is 5.02. The first kappa shape index (κ1) is 31.1. The lowest BCUT2D eigenvalue weighted by molar-refractivity contribution is -0.238. The van der Waals surface area contributed by atoms with Gasteiger partial charge in [0, 0.05) is 5.56 Å². The fourth-order valence-corrected chi connectivity index (χ4v) is 6.89. The standard InChI is InChI=1S/C12H15OS.C10H9F5O6S2/c13-12(10-14-8-4-5-9-14)11-6-2-1-3-7-11;1-6-2-4-7(5-3-6)22(16,17)21-8(9(11,12)13)10(14,15)23(18,19)20/h1-3,6-7H,4-5,8-10H2;2-5,8H,1H3,(H,18,19,20)/q+1;/p-1. The van der Waals surface area contributed by atoms with Gasteiger partial charge in [-0.15, -0.1) is 0 Å². The molecule has 37 heavy (non-hydrogen) atoms. The molecule has 0 saturated carbocycles. The van der Waals surface area contributed by atoms with Crippen molar-refractivity contribution in [3.63, 3.8) is 0 Å².